The third-order valence-electron chi connectivity index (χ3n) is 3.12. The molecule has 0 fully saturated rings. The fourth-order valence-electron chi connectivity index (χ4n) is 1.88. The average molecular weight is 292 g/mol. The lowest BCUT2D eigenvalue weighted by Gasteiger charge is -2.23. The van der Waals surface area contributed by atoms with Gasteiger partial charge in [0.05, 0.1) is 6.54 Å². The van der Waals surface area contributed by atoms with Crippen LogP contribution in [0.15, 0.2) is 41.8 Å². The Morgan fingerprint density at radius 1 is 1.40 bits per heavy atom. The Morgan fingerprint density at radius 3 is 2.85 bits per heavy atom. The summed E-state index contributed by atoms with van der Waals surface area (Å²) in [6.45, 7) is 2.32. The van der Waals surface area contributed by atoms with E-state index in [2.05, 4.69) is 18.3 Å². The third kappa shape index (κ3) is 3.88. The van der Waals surface area contributed by atoms with E-state index in [1.165, 1.54) is 17.0 Å². The standard InChI is InChI=1S/C15H17FN2OS/c1-11(14-7-4-8-20-14)18(2)10-15(19)17-13-6-3-5-12(16)9-13/h3-9,11H,10H2,1-2H3,(H,17,19)/t11-/m1/s1. The Labute approximate surface area is 122 Å². The first-order valence-corrected chi connectivity index (χ1v) is 7.23. The number of carbonyl (C=O) groups excluding carboxylic acids is 1. The lowest BCUT2D eigenvalue weighted by Crippen LogP contribution is -2.31. The van der Waals surface area contributed by atoms with Crippen molar-refractivity contribution in [3.63, 3.8) is 0 Å². The summed E-state index contributed by atoms with van der Waals surface area (Å²) in [5, 5.41) is 4.72. The fourth-order valence-corrected chi connectivity index (χ4v) is 2.72. The van der Waals surface area contributed by atoms with Crippen molar-refractivity contribution in [3.05, 3.63) is 52.5 Å². The van der Waals surface area contributed by atoms with Crippen molar-refractivity contribution in [2.75, 3.05) is 18.9 Å². The van der Waals surface area contributed by atoms with Gasteiger partial charge in [0.2, 0.25) is 5.91 Å². The van der Waals surface area contributed by atoms with E-state index in [4.69, 9.17) is 0 Å². The highest BCUT2D eigenvalue weighted by Gasteiger charge is 2.15. The summed E-state index contributed by atoms with van der Waals surface area (Å²) < 4.78 is 13.0. The fraction of sp³-hybridized carbons (Fsp3) is 0.267. The molecule has 1 N–H and O–H groups in total. The molecule has 106 valence electrons. The van der Waals surface area contributed by atoms with Crippen molar-refractivity contribution in [3.8, 4) is 0 Å². The molecule has 2 aromatic rings. The highest BCUT2D eigenvalue weighted by molar-refractivity contribution is 7.10. The van der Waals surface area contributed by atoms with Crippen molar-refractivity contribution >= 4 is 22.9 Å². The number of anilines is 1. The highest BCUT2D eigenvalue weighted by atomic mass is 32.1. The van der Waals surface area contributed by atoms with Crippen molar-refractivity contribution < 1.29 is 9.18 Å². The van der Waals surface area contributed by atoms with Gasteiger partial charge in [0, 0.05) is 16.6 Å². The molecule has 20 heavy (non-hydrogen) atoms. The van der Waals surface area contributed by atoms with Crippen LogP contribution in [-0.2, 0) is 4.79 Å². The second kappa shape index (κ2) is 6.63. The highest BCUT2D eigenvalue weighted by Crippen LogP contribution is 2.23. The lowest BCUT2D eigenvalue weighted by molar-refractivity contribution is -0.117. The number of nitrogens with one attached hydrogen (secondary N) is 1. The number of benzene rings is 1. The summed E-state index contributed by atoms with van der Waals surface area (Å²) in [5.74, 6) is -0.510. The van der Waals surface area contributed by atoms with Gasteiger partial charge in [0.15, 0.2) is 0 Å². The minimum atomic E-state index is -0.358. The minimum Gasteiger partial charge on any atom is -0.325 e. The van der Waals surface area contributed by atoms with Gasteiger partial charge in [0.25, 0.3) is 0 Å². The normalized spacial score (nSPS) is 12.4. The lowest BCUT2D eigenvalue weighted by atomic mass is 10.2. The first-order valence-electron chi connectivity index (χ1n) is 6.35. The predicted octanol–water partition coefficient (Wildman–Crippen LogP) is 3.52. The van der Waals surface area contributed by atoms with E-state index in [1.807, 2.05) is 23.4 Å². The molecular formula is C15H17FN2OS. The molecule has 0 saturated carbocycles. The maximum Gasteiger partial charge on any atom is 0.238 e. The summed E-state index contributed by atoms with van der Waals surface area (Å²) in [4.78, 5) is 15.1. The van der Waals surface area contributed by atoms with Gasteiger partial charge in [-0.1, -0.05) is 12.1 Å². The molecule has 0 radical (unpaired) electrons. The largest absolute Gasteiger partial charge is 0.325 e. The van der Waals surface area contributed by atoms with Crippen molar-refractivity contribution in [1.29, 1.82) is 0 Å². The number of hydrogen-bond acceptors (Lipinski definition) is 3. The Hall–Kier alpha value is -1.72. The first kappa shape index (κ1) is 14.7. The summed E-state index contributed by atoms with van der Waals surface area (Å²) in [7, 11) is 1.90. The number of nitrogens with zero attached hydrogens (tertiary/aromatic N) is 1. The molecule has 0 unspecified atom stereocenters. The summed E-state index contributed by atoms with van der Waals surface area (Å²) >= 11 is 1.67. The van der Waals surface area contributed by atoms with Crippen molar-refractivity contribution in [1.82, 2.24) is 4.90 Å². The molecule has 5 heteroatoms. The monoisotopic (exact) mass is 292 g/mol. The molecule has 0 saturated heterocycles. The predicted molar refractivity (Wildman–Crippen MR) is 80.4 cm³/mol. The number of likely N-dealkylation sites (N-methyl/N-ethyl adjacent to an activating group) is 1. The van der Waals surface area contributed by atoms with Gasteiger partial charge >= 0.3 is 0 Å². The summed E-state index contributed by atoms with van der Waals surface area (Å²) in [6.07, 6.45) is 0. The molecule has 1 atom stereocenters. The second-order valence-electron chi connectivity index (χ2n) is 4.67. The van der Waals surface area contributed by atoms with Crippen molar-refractivity contribution in [2.24, 2.45) is 0 Å². The van der Waals surface area contributed by atoms with E-state index in [0.717, 1.165) is 0 Å². The number of carbonyl (C=O) groups is 1. The number of rotatable bonds is 5. The van der Waals surface area contributed by atoms with E-state index < -0.39 is 0 Å². The van der Waals surface area contributed by atoms with Gasteiger partial charge in [0.1, 0.15) is 5.82 Å². The number of halogens is 1. The zero-order valence-corrected chi connectivity index (χ0v) is 12.3. The molecule has 0 bridgehead atoms. The Morgan fingerprint density at radius 2 is 2.20 bits per heavy atom. The van der Waals surface area contributed by atoms with E-state index >= 15 is 0 Å². The Balaban J connectivity index is 1.91. The topological polar surface area (TPSA) is 32.3 Å². The van der Waals surface area contributed by atoms with Crippen LogP contribution in [0.5, 0.6) is 0 Å². The van der Waals surface area contributed by atoms with Crippen LogP contribution in [0.1, 0.15) is 17.8 Å². The molecule has 0 aliphatic carbocycles. The van der Waals surface area contributed by atoms with Crippen LogP contribution in [0, 0.1) is 5.82 Å². The van der Waals surface area contributed by atoms with Gasteiger partial charge in [-0.15, -0.1) is 11.3 Å². The van der Waals surface area contributed by atoms with E-state index in [0.29, 0.717) is 5.69 Å². The minimum absolute atomic E-state index is 0.151. The van der Waals surface area contributed by atoms with Crippen LogP contribution >= 0.6 is 11.3 Å². The molecule has 3 nitrogen and oxygen atoms in total. The van der Waals surface area contributed by atoms with E-state index in [9.17, 15) is 9.18 Å². The van der Waals surface area contributed by atoms with Gasteiger partial charge < -0.3 is 5.32 Å². The zero-order chi connectivity index (χ0) is 14.5. The average Bonchev–Trinajstić information content (AvgIpc) is 2.91. The van der Waals surface area contributed by atoms with Gasteiger partial charge in [-0.25, -0.2) is 4.39 Å². The van der Waals surface area contributed by atoms with Crippen LogP contribution < -0.4 is 5.32 Å². The molecule has 2 rings (SSSR count). The maximum atomic E-state index is 13.0. The Bertz CT molecular complexity index is 571. The molecule has 1 aromatic carbocycles. The van der Waals surface area contributed by atoms with Gasteiger partial charge in [-0.3, -0.25) is 9.69 Å². The number of hydrogen-bond donors (Lipinski definition) is 1. The molecule has 0 aliphatic heterocycles. The van der Waals surface area contributed by atoms with Crippen LogP contribution in [0.25, 0.3) is 0 Å². The SMILES string of the molecule is C[C@H](c1cccs1)N(C)CC(=O)Nc1cccc(F)c1. The van der Waals surface area contributed by atoms with Gasteiger partial charge in [-0.05, 0) is 43.6 Å². The first-order chi connectivity index (χ1) is 9.56. The number of amides is 1. The van der Waals surface area contributed by atoms with E-state index in [-0.39, 0.29) is 24.3 Å². The maximum absolute atomic E-state index is 13.0. The molecular weight excluding hydrogens is 275 g/mol. The van der Waals surface area contributed by atoms with Crippen LogP contribution in [0.3, 0.4) is 0 Å². The molecule has 1 aromatic heterocycles. The molecule has 0 aliphatic rings. The van der Waals surface area contributed by atoms with Gasteiger partial charge in [-0.2, -0.15) is 0 Å². The molecule has 0 spiro atoms. The zero-order valence-electron chi connectivity index (χ0n) is 11.5. The van der Waals surface area contributed by atoms with Crippen molar-refractivity contribution in [2.45, 2.75) is 13.0 Å². The van der Waals surface area contributed by atoms with E-state index in [1.54, 1.807) is 23.5 Å². The van der Waals surface area contributed by atoms with Crippen LogP contribution in [-0.4, -0.2) is 24.4 Å². The van der Waals surface area contributed by atoms with Crippen LogP contribution in [0.2, 0.25) is 0 Å². The summed E-state index contributed by atoms with van der Waals surface area (Å²) in [6, 6.07) is 10.1. The number of thiophene rings is 1. The second-order valence-corrected chi connectivity index (χ2v) is 5.64. The molecule has 1 heterocycles. The quantitative estimate of drug-likeness (QED) is 0.914. The Kier molecular flexibility index (Phi) is 4.87. The summed E-state index contributed by atoms with van der Waals surface area (Å²) in [5.41, 5.74) is 0.479. The molecule has 1 amide bonds. The van der Waals surface area contributed by atoms with Crippen LogP contribution in [0.4, 0.5) is 10.1 Å². The smallest absolute Gasteiger partial charge is 0.238 e. The third-order valence-corrected chi connectivity index (χ3v) is 4.16.